The lowest BCUT2D eigenvalue weighted by molar-refractivity contribution is -0.146. The van der Waals surface area contributed by atoms with Gasteiger partial charge in [-0.15, -0.1) is 0 Å². The van der Waals surface area contributed by atoms with E-state index in [-0.39, 0.29) is 25.4 Å². The van der Waals surface area contributed by atoms with Crippen LogP contribution in [0.15, 0.2) is 48.5 Å². The molecule has 2 heterocycles. The smallest absolute Gasteiger partial charge is 0.251 e. The largest absolute Gasteiger partial charge is 0.350 e. The minimum atomic E-state index is -4.07. The number of carbonyl (C=O) groups is 3. The molecule has 2 aliphatic rings. The lowest BCUT2D eigenvalue weighted by atomic mass is 10.1. The van der Waals surface area contributed by atoms with Gasteiger partial charge in [-0.1, -0.05) is 48.0 Å². The minimum Gasteiger partial charge on any atom is -0.350 e. The maximum Gasteiger partial charge on any atom is 0.251 e. The van der Waals surface area contributed by atoms with E-state index < -0.39 is 39.8 Å². The van der Waals surface area contributed by atoms with E-state index >= 15 is 0 Å². The molecule has 0 spiro atoms. The van der Waals surface area contributed by atoms with E-state index in [2.05, 4.69) is 15.4 Å². The molecule has 2 saturated heterocycles. The highest BCUT2D eigenvalue weighted by molar-refractivity contribution is 7.88. The topological polar surface area (TPSA) is 154 Å². The standard InChI is InChI=1S/C27H35ClN6O5S/c28-22-9-8-20(16-29)21(15-22)17-31-25(35)23-7-4-12-34(23)27(37)24(26(36)33-13-10-30-11-14-33)32-40(38,39)18-19-5-2-1-3-6-19/h1-3,5-6,8-9,15,23-24,30,32H,4,7,10-14,16-18,29H2,(H,31,35)/t23-,24?/m0/s1. The molecule has 0 bridgehead atoms. The van der Waals surface area contributed by atoms with Crippen molar-refractivity contribution in [2.24, 2.45) is 5.73 Å². The number of piperazine rings is 1. The summed E-state index contributed by atoms with van der Waals surface area (Å²) in [6, 6.07) is 11.2. The Balaban J connectivity index is 1.51. The molecule has 2 fully saturated rings. The summed E-state index contributed by atoms with van der Waals surface area (Å²) in [4.78, 5) is 43.3. The number of nitrogens with zero attached hydrogens (tertiary/aromatic N) is 2. The summed E-state index contributed by atoms with van der Waals surface area (Å²) in [5.74, 6) is -2.14. The van der Waals surface area contributed by atoms with Gasteiger partial charge in [-0.2, -0.15) is 4.72 Å². The van der Waals surface area contributed by atoms with Crippen LogP contribution in [-0.4, -0.2) is 80.7 Å². The fraction of sp³-hybridized carbons (Fsp3) is 0.444. The highest BCUT2D eigenvalue weighted by Gasteiger charge is 2.42. The molecule has 0 aromatic heterocycles. The zero-order valence-corrected chi connectivity index (χ0v) is 23.7. The second kappa shape index (κ2) is 13.6. The summed E-state index contributed by atoms with van der Waals surface area (Å²) in [7, 11) is -4.07. The summed E-state index contributed by atoms with van der Waals surface area (Å²) in [6.07, 6.45) is 0.933. The van der Waals surface area contributed by atoms with Crippen LogP contribution in [0.25, 0.3) is 0 Å². The van der Waals surface area contributed by atoms with Gasteiger partial charge in [-0.3, -0.25) is 14.4 Å². The average Bonchev–Trinajstić information content (AvgIpc) is 3.45. The molecule has 2 aromatic rings. The molecule has 13 heteroatoms. The Morgan fingerprint density at radius 1 is 1.02 bits per heavy atom. The Kier molecular flexibility index (Phi) is 10.1. The van der Waals surface area contributed by atoms with Crippen LogP contribution in [0.5, 0.6) is 0 Å². The van der Waals surface area contributed by atoms with Gasteiger partial charge in [0.15, 0.2) is 6.04 Å². The Morgan fingerprint density at radius 2 is 1.75 bits per heavy atom. The molecule has 3 amide bonds. The van der Waals surface area contributed by atoms with E-state index in [1.54, 1.807) is 48.5 Å². The molecule has 4 rings (SSSR count). The van der Waals surface area contributed by atoms with Crippen molar-refractivity contribution in [3.05, 3.63) is 70.2 Å². The number of amides is 3. The molecular formula is C27H35ClN6O5S. The number of sulfonamides is 1. The van der Waals surface area contributed by atoms with Gasteiger partial charge in [0.1, 0.15) is 6.04 Å². The number of hydrogen-bond acceptors (Lipinski definition) is 7. The van der Waals surface area contributed by atoms with Crippen molar-refractivity contribution in [1.82, 2.24) is 25.2 Å². The second-order valence-electron chi connectivity index (χ2n) is 9.90. The van der Waals surface area contributed by atoms with E-state index in [0.717, 1.165) is 11.1 Å². The third-order valence-corrected chi connectivity index (χ3v) is 8.64. The average molecular weight is 591 g/mol. The molecule has 2 aliphatic heterocycles. The van der Waals surface area contributed by atoms with Crippen LogP contribution in [0.1, 0.15) is 29.5 Å². The van der Waals surface area contributed by atoms with Gasteiger partial charge in [0.05, 0.1) is 5.75 Å². The third kappa shape index (κ3) is 7.58. The van der Waals surface area contributed by atoms with Gasteiger partial charge in [0.25, 0.3) is 11.8 Å². The molecule has 2 aromatic carbocycles. The predicted molar refractivity (Wildman–Crippen MR) is 151 cm³/mol. The molecule has 5 N–H and O–H groups in total. The molecule has 0 radical (unpaired) electrons. The Morgan fingerprint density at radius 3 is 2.45 bits per heavy atom. The highest BCUT2D eigenvalue weighted by atomic mass is 35.5. The van der Waals surface area contributed by atoms with Crippen LogP contribution in [0, 0.1) is 0 Å². The first-order valence-electron chi connectivity index (χ1n) is 13.3. The Bertz CT molecular complexity index is 1320. The summed E-state index contributed by atoms with van der Waals surface area (Å²) < 4.78 is 28.6. The SMILES string of the molecule is NCc1ccc(Cl)cc1CNC(=O)[C@@H]1CCCN1C(=O)C(NS(=O)(=O)Cc1ccccc1)C(=O)N1CCNCC1. The normalized spacial score (nSPS) is 18.4. The number of likely N-dealkylation sites (tertiary alicyclic amines) is 1. The lowest BCUT2D eigenvalue weighted by Gasteiger charge is -2.33. The number of rotatable bonds is 10. The van der Waals surface area contributed by atoms with Crippen molar-refractivity contribution < 1.29 is 22.8 Å². The molecule has 2 atom stereocenters. The first-order chi connectivity index (χ1) is 19.2. The van der Waals surface area contributed by atoms with Gasteiger partial charge in [0.2, 0.25) is 15.9 Å². The van der Waals surface area contributed by atoms with Crippen molar-refractivity contribution in [3.63, 3.8) is 0 Å². The van der Waals surface area contributed by atoms with Gasteiger partial charge in [-0.05, 0) is 41.7 Å². The molecular weight excluding hydrogens is 556 g/mol. The van der Waals surface area contributed by atoms with Crippen LogP contribution in [0.4, 0.5) is 0 Å². The van der Waals surface area contributed by atoms with E-state index in [1.165, 1.54) is 9.80 Å². The summed E-state index contributed by atoms with van der Waals surface area (Å²) >= 11 is 6.11. The maximum absolute atomic E-state index is 13.8. The maximum atomic E-state index is 13.8. The quantitative estimate of drug-likeness (QED) is 0.291. The van der Waals surface area contributed by atoms with Crippen molar-refractivity contribution >= 4 is 39.3 Å². The molecule has 11 nitrogen and oxygen atoms in total. The first-order valence-corrected chi connectivity index (χ1v) is 15.3. The summed E-state index contributed by atoms with van der Waals surface area (Å²) in [5, 5.41) is 6.50. The number of carbonyl (C=O) groups excluding carboxylic acids is 3. The van der Waals surface area contributed by atoms with E-state index in [4.69, 9.17) is 17.3 Å². The minimum absolute atomic E-state index is 0.164. The van der Waals surface area contributed by atoms with Crippen LogP contribution in [0.3, 0.4) is 0 Å². The molecule has 0 aliphatic carbocycles. The Labute approximate surface area is 239 Å². The van der Waals surface area contributed by atoms with Crippen molar-refractivity contribution in [1.29, 1.82) is 0 Å². The first kappa shape index (κ1) is 29.9. The van der Waals surface area contributed by atoms with Gasteiger partial charge in [0, 0.05) is 50.8 Å². The summed E-state index contributed by atoms with van der Waals surface area (Å²) in [5.41, 5.74) is 7.92. The van der Waals surface area contributed by atoms with E-state index in [1.807, 2.05) is 0 Å². The monoisotopic (exact) mass is 590 g/mol. The van der Waals surface area contributed by atoms with E-state index in [9.17, 15) is 22.8 Å². The van der Waals surface area contributed by atoms with Crippen LogP contribution >= 0.6 is 11.6 Å². The zero-order chi connectivity index (χ0) is 28.7. The molecule has 0 saturated carbocycles. The van der Waals surface area contributed by atoms with Gasteiger partial charge in [-0.25, -0.2) is 8.42 Å². The van der Waals surface area contributed by atoms with Crippen LogP contribution in [-0.2, 0) is 43.2 Å². The molecule has 1 unspecified atom stereocenters. The molecule has 40 heavy (non-hydrogen) atoms. The van der Waals surface area contributed by atoms with Gasteiger partial charge >= 0.3 is 0 Å². The zero-order valence-electron chi connectivity index (χ0n) is 22.1. The third-order valence-electron chi connectivity index (χ3n) is 7.10. The van der Waals surface area contributed by atoms with Crippen molar-refractivity contribution in [2.45, 2.75) is 43.8 Å². The number of nitrogens with two attached hydrogens (primary N) is 1. The summed E-state index contributed by atoms with van der Waals surface area (Å²) in [6.45, 7) is 2.42. The Hall–Kier alpha value is -3.03. The number of nitrogens with one attached hydrogen (secondary N) is 3. The lowest BCUT2D eigenvalue weighted by Crippen LogP contribution is -2.61. The fourth-order valence-corrected chi connectivity index (χ4v) is 6.49. The fourth-order valence-electron chi connectivity index (χ4n) is 5.02. The highest BCUT2D eigenvalue weighted by Crippen LogP contribution is 2.21. The number of hydrogen-bond donors (Lipinski definition) is 4. The van der Waals surface area contributed by atoms with Crippen LogP contribution < -0.4 is 21.1 Å². The number of halogens is 1. The van der Waals surface area contributed by atoms with Crippen LogP contribution in [0.2, 0.25) is 5.02 Å². The van der Waals surface area contributed by atoms with Gasteiger partial charge < -0.3 is 26.2 Å². The van der Waals surface area contributed by atoms with E-state index in [0.29, 0.717) is 49.6 Å². The molecule has 216 valence electrons. The second-order valence-corrected chi connectivity index (χ2v) is 12.1. The van der Waals surface area contributed by atoms with Crippen molar-refractivity contribution in [2.75, 3.05) is 32.7 Å². The predicted octanol–water partition coefficient (Wildman–Crippen LogP) is 0.326. The number of benzene rings is 2. The van der Waals surface area contributed by atoms with Crippen molar-refractivity contribution in [3.8, 4) is 0 Å².